The number of phenolic OH excluding ortho intramolecular Hbond substituents is 1. The zero-order chi connectivity index (χ0) is 32.8. The Morgan fingerprint density at radius 1 is 1.04 bits per heavy atom. The van der Waals surface area contributed by atoms with Crippen LogP contribution in [0.15, 0.2) is 22.9 Å². The maximum atomic E-state index is 16.9. The van der Waals surface area contributed by atoms with E-state index >= 15 is 4.39 Å². The summed E-state index contributed by atoms with van der Waals surface area (Å²) >= 11 is 6.67. The quantitative estimate of drug-likeness (QED) is 0.253. The van der Waals surface area contributed by atoms with Gasteiger partial charge in [0.05, 0.1) is 10.9 Å². The fourth-order valence-electron chi connectivity index (χ4n) is 8.34. The van der Waals surface area contributed by atoms with Crippen molar-refractivity contribution in [2.24, 2.45) is 5.92 Å². The molecule has 3 atom stereocenters. The SMILES string of the molecule is Oc1cc(Cl)c2c(c1)-c1ncc3c(nc(OCC45CCCN4CC(F)C5)nc3c1F)N1CCCC(Cc3noc(n3)CCCCCC2)C1. The summed E-state index contributed by atoms with van der Waals surface area (Å²) in [6, 6.07) is 3.06. The maximum Gasteiger partial charge on any atom is 0.319 e. The summed E-state index contributed by atoms with van der Waals surface area (Å²) in [7, 11) is 0. The van der Waals surface area contributed by atoms with Crippen molar-refractivity contribution < 1.29 is 23.1 Å². The summed E-state index contributed by atoms with van der Waals surface area (Å²) in [6.45, 7) is 2.85. The number of piperidine rings is 1. The molecule has 48 heavy (non-hydrogen) atoms. The summed E-state index contributed by atoms with van der Waals surface area (Å²) in [5, 5.41) is 15.6. The van der Waals surface area contributed by atoms with Crippen molar-refractivity contribution in [3.63, 3.8) is 0 Å². The third-order valence-corrected chi connectivity index (χ3v) is 11.0. The Bertz CT molecular complexity index is 1820. The van der Waals surface area contributed by atoms with Gasteiger partial charge in [-0.15, -0.1) is 0 Å². The first-order chi connectivity index (χ1) is 23.3. The number of hydrogen-bond donors (Lipinski definition) is 1. The highest BCUT2D eigenvalue weighted by Crippen LogP contribution is 2.42. The average molecular weight is 680 g/mol. The molecule has 9 rings (SSSR count). The first-order valence-corrected chi connectivity index (χ1v) is 17.7. The van der Waals surface area contributed by atoms with Gasteiger partial charge in [-0.25, -0.2) is 8.78 Å². The normalized spacial score (nSPS) is 25.0. The number of pyridine rings is 1. The number of nitrogens with zero attached hydrogens (tertiary/aromatic N) is 7. The minimum atomic E-state index is -0.897. The molecular weight excluding hydrogens is 640 g/mol. The smallest absolute Gasteiger partial charge is 0.319 e. The van der Waals surface area contributed by atoms with Crippen LogP contribution in [-0.4, -0.2) is 79.6 Å². The van der Waals surface area contributed by atoms with Crippen LogP contribution in [0.25, 0.3) is 22.2 Å². The van der Waals surface area contributed by atoms with Crippen LogP contribution in [0, 0.1) is 11.7 Å². The lowest BCUT2D eigenvalue weighted by atomic mass is 9.94. The molecule has 0 radical (unpaired) electrons. The topological polar surface area (TPSA) is 114 Å². The lowest BCUT2D eigenvalue weighted by molar-refractivity contribution is 0.107. The molecule has 5 aliphatic heterocycles. The molecule has 3 unspecified atom stereocenters. The van der Waals surface area contributed by atoms with Crippen LogP contribution in [0.1, 0.15) is 75.1 Å². The summed E-state index contributed by atoms with van der Waals surface area (Å²) in [4.78, 5) is 23.1. The highest BCUT2D eigenvalue weighted by Gasteiger charge is 2.49. The number of hydrogen-bond acceptors (Lipinski definition) is 10. The Balaban J connectivity index is 1.23. The lowest BCUT2D eigenvalue weighted by Crippen LogP contribution is -2.43. The number of aromatic nitrogens is 5. The predicted molar refractivity (Wildman–Crippen MR) is 177 cm³/mol. The minimum Gasteiger partial charge on any atom is -0.508 e. The Morgan fingerprint density at radius 3 is 2.81 bits per heavy atom. The zero-order valence-electron chi connectivity index (χ0n) is 26.9. The van der Waals surface area contributed by atoms with E-state index in [0.717, 1.165) is 76.4 Å². The number of rotatable bonds is 3. The predicted octanol–water partition coefficient (Wildman–Crippen LogP) is 6.65. The Kier molecular flexibility index (Phi) is 8.56. The summed E-state index contributed by atoms with van der Waals surface area (Å²) in [5.41, 5.74) is 0.907. The van der Waals surface area contributed by atoms with E-state index in [2.05, 4.69) is 29.9 Å². The van der Waals surface area contributed by atoms with Gasteiger partial charge in [-0.1, -0.05) is 29.6 Å². The second-order valence-corrected chi connectivity index (χ2v) is 14.4. The highest BCUT2D eigenvalue weighted by molar-refractivity contribution is 6.32. The van der Waals surface area contributed by atoms with Gasteiger partial charge in [-0.05, 0) is 75.1 Å². The number of aromatic hydroxyl groups is 1. The second-order valence-electron chi connectivity index (χ2n) is 14.0. The van der Waals surface area contributed by atoms with E-state index in [-0.39, 0.29) is 35.5 Å². The van der Waals surface area contributed by atoms with E-state index in [9.17, 15) is 9.50 Å². The fraction of sp³-hybridized carbons (Fsp3) is 0.571. The van der Waals surface area contributed by atoms with Gasteiger partial charge in [0.25, 0.3) is 0 Å². The molecule has 5 aliphatic rings. The standard InChI is InChI=1S/C35H40ClF2N7O3/c36-27-15-23(46)14-25-24(27)8-3-1-2-4-9-29-40-28(43-48-29)13-21-7-5-11-44(18-21)33-26-17-39-31(25)30(38)32(26)41-34(42-33)47-20-35-10-6-12-45(35)19-22(37)16-35/h14-15,17,21-22,46H,1-13,16,18-20H2. The molecule has 8 heterocycles. The number of ether oxygens (including phenoxy) is 1. The van der Waals surface area contributed by atoms with Crippen molar-refractivity contribution in [1.82, 2.24) is 30.0 Å². The maximum absolute atomic E-state index is 16.9. The van der Waals surface area contributed by atoms with Crippen LogP contribution in [0.2, 0.25) is 5.02 Å². The summed E-state index contributed by atoms with van der Waals surface area (Å²) in [6.07, 6.45) is 10.5. The first kappa shape index (κ1) is 31.6. The molecule has 0 saturated carbocycles. The summed E-state index contributed by atoms with van der Waals surface area (Å²) < 4.78 is 43.3. The number of anilines is 1. The van der Waals surface area contributed by atoms with Crippen molar-refractivity contribution in [3.8, 4) is 23.0 Å². The molecular formula is C35H40ClF2N7O3. The average Bonchev–Trinajstić information content (AvgIpc) is 3.76. The van der Waals surface area contributed by atoms with Gasteiger partial charge in [0.1, 0.15) is 35.6 Å². The number of phenols is 1. The van der Waals surface area contributed by atoms with Crippen molar-refractivity contribution in [3.05, 3.63) is 46.4 Å². The van der Waals surface area contributed by atoms with Gasteiger partial charge < -0.3 is 19.3 Å². The molecule has 0 spiro atoms. The molecule has 3 aromatic heterocycles. The van der Waals surface area contributed by atoms with Gasteiger partial charge in [0.15, 0.2) is 11.6 Å². The lowest BCUT2D eigenvalue weighted by Gasteiger charge is -2.34. The summed E-state index contributed by atoms with van der Waals surface area (Å²) in [5.74, 6) is 1.46. The van der Waals surface area contributed by atoms with E-state index in [0.29, 0.717) is 65.9 Å². The Hall–Kier alpha value is -3.64. The molecule has 10 nitrogen and oxygen atoms in total. The molecule has 0 amide bonds. The van der Waals surface area contributed by atoms with E-state index in [1.54, 1.807) is 6.20 Å². The Morgan fingerprint density at radius 2 is 1.92 bits per heavy atom. The van der Waals surface area contributed by atoms with Crippen molar-refractivity contribution in [1.29, 1.82) is 0 Å². The van der Waals surface area contributed by atoms with Crippen molar-refractivity contribution in [2.45, 2.75) is 88.8 Å². The van der Waals surface area contributed by atoms with Gasteiger partial charge in [-0.2, -0.15) is 15.0 Å². The first-order valence-electron chi connectivity index (χ1n) is 17.3. The molecule has 1 aromatic carbocycles. The van der Waals surface area contributed by atoms with Gasteiger partial charge in [-0.3, -0.25) is 9.88 Å². The highest BCUT2D eigenvalue weighted by atomic mass is 35.5. The number of aryl methyl sites for hydroxylation is 1. The van der Waals surface area contributed by atoms with Crippen molar-refractivity contribution in [2.75, 3.05) is 37.7 Å². The van der Waals surface area contributed by atoms with Crippen LogP contribution >= 0.6 is 11.6 Å². The monoisotopic (exact) mass is 679 g/mol. The molecule has 4 aromatic rings. The van der Waals surface area contributed by atoms with Crippen LogP contribution in [0.4, 0.5) is 14.6 Å². The minimum absolute atomic E-state index is 0.0540. The van der Waals surface area contributed by atoms with Crippen LogP contribution < -0.4 is 9.64 Å². The van der Waals surface area contributed by atoms with Crippen molar-refractivity contribution >= 4 is 28.3 Å². The van der Waals surface area contributed by atoms with Gasteiger partial charge in [0, 0.05) is 55.7 Å². The van der Waals surface area contributed by atoms with Gasteiger partial charge in [0.2, 0.25) is 5.89 Å². The number of fused-ring (bicyclic) bond motifs is 7. The number of alkyl halides is 1. The number of benzene rings is 1. The largest absolute Gasteiger partial charge is 0.508 e. The van der Waals surface area contributed by atoms with E-state index < -0.39 is 17.5 Å². The molecule has 254 valence electrons. The zero-order valence-corrected chi connectivity index (χ0v) is 27.7. The molecule has 13 heteroatoms. The number of halogens is 3. The fourth-order valence-corrected chi connectivity index (χ4v) is 8.65. The molecule has 8 bridgehead atoms. The van der Waals surface area contributed by atoms with E-state index in [1.807, 2.05) is 0 Å². The molecule has 0 aliphatic carbocycles. The van der Waals surface area contributed by atoms with Crippen LogP contribution in [0.3, 0.4) is 0 Å². The van der Waals surface area contributed by atoms with E-state index in [4.69, 9.17) is 25.8 Å². The van der Waals surface area contributed by atoms with Gasteiger partial charge >= 0.3 is 6.01 Å². The second kappa shape index (κ2) is 13.0. The third-order valence-electron chi connectivity index (χ3n) is 10.7. The van der Waals surface area contributed by atoms with Crippen LogP contribution in [-0.2, 0) is 19.3 Å². The third kappa shape index (κ3) is 6.06. The molecule has 3 saturated heterocycles. The van der Waals surface area contributed by atoms with E-state index in [1.165, 1.54) is 12.1 Å². The van der Waals surface area contributed by atoms with Crippen LogP contribution in [0.5, 0.6) is 11.8 Å². The molecule has 1 N–H and O–H groups in total. The molecule has 3 fully saturated rings. The Labute approximate surface area is 282 Å².